The van der Waals surface area contributed by atoms with Crippen LogP contribution in [0.4, 0.5) is 0 Å². The number of fused-ring (bicyclic) bond motifs is 1. The third kappa shape index (κ3) is 2.94. The van der Waals surface area contributed by atoms with Gasteiger partial charge in [-0.1, -0.05) is 24.3 Å². The summed E-state index contributed by atoms with van der Waals surface area (Å²) in [5.74, 6) is -0.499. The predicted octanol–water partition coefficient (Wildman–Crippen LogP) is 2.26. The smallest absolute Gasteiger partial charge is 0.326 e. The molecule has 1 unspecified atom stereocenters. The number of likely N-dealkylation sites (tertiary alicyclic amines) is 1. The number of aryl methyl sites for hydroxylation is 1. The maximum absolute atomic E-state index is 12.4. The van der Waals surface area contributed by atoms with Gasteiger partial charge in [0.25, 0.3) is 0 Å². The van der Waals surface area contributed by atoms with Crippen LogP contribution >= 0.6 is 0 Å². The molecule has 3 rings (SSSR count). The Morgan fingerprint density at radius 1 is 1.19 bits per heavy atom. The van der Waals surface area contributed by atoms with Crippen LogP contribution in [0.25, 0.3) is 0 Å². The van der Waals surface area contributed by atoms with Gasteiger partial charge in [0.2, 0.25) is 5.91 Å². The summed E-state index contributed by atoms with van der Waals surface area (Å²) in [5, 5.41) is 9.17. The molecule has 1 amide bonds. The van der Waals surface area contributed by atoms with Crippen LogP contribution in [0.5, 0.6) is 0 Å². The number of nitrogens with zero attached hydrogens (tertiary/aromatic N) is 1. The van der Waals surface area contributed by atoms with E-state index in [1.54, 1.807) is 4.90 Å². The summed E-state index contributed by atoms with van der Waals surface area (Å²) in [6.45, 7) is 0.596. The second-order valence-electron chi connectivity index (χ2n) is 6.17. The number of carboxylic acids is 1. The minimum absolute atomic E-state index is 0.0179. The average Bonchev–Trinajstić information content (AvgIpc) is 2.97. The Morgan fingerprint density at radius 3 is 2.71 bits per heavy atom. The molecule has 0 bridgehead atoms. The van der Waals surface area contributed by atoms with Gasteiger partial charge in [0.1, 0.15) is 6.04 Å². The minimum Gasteiger partial charge on any atom is -0.480 e. The van der Waals surface area contributed by atoms with E-state index < -0.39 is 12.0 Å². The Bertz CT molecular complexity index is 555. The molecule has 2 aliphatic rings. The summed E-state index contributed by atoms with van der Waals surface area (Å²) in [4.78, 5) is 25.2. The SMILES string of the molecule is O=C(O)[C@@H]1CCCN1C(=O)CC1CCc2ccccc2C1. The van der Waals surface area contributed by atoms with Crippen molar-refractivity contribution in [2.45, 2.75) is 44.6 Å². The standard InChI is InChI=1S/C17H21NO3/c19-16(18-9-3-6-15(18)17(20)21)11-12-7-8-13-4-1-2-5-14(13)10-12/h1-2,4-5,12,15H,3,6-11H2,(H,20,21)/t12?,15-/m0/s1. The van der Waals surface area contributed by atoms with Crippen molar-refractivity contribution < 1.29 is 14.7 Å². The second-order valence-corrected chi connectivity index (χ2v) is 6.17. The third-order valence-corrected chi connectivity index (χ3v) is 4.77. The minimum atomic E-state index is -0.866. The van der Waals surface area contributed by atoms with Crippen LogP contribution in [0.2, 0.25) is 0 Å². The van der Waals surface area contributed by atoms with Crippen molar-refractivity contribution in [1.82, 2.24) is 4.90 Å². The van der Waals surface area contributed by atoms with Gasteiger partial charge in [0.15, 0.2) is 0 Å². The van der Waals surface area contributed by atoms with E-state index in [1.165, 1.54) is 11.1 Å². The highest BCUT2D eigenvalue weighted by atomic mass is 16.4. The first-order chi connectivity index (χ1) is 10.1. The number of benzene rings is 1. The van der Waals surface area contributed by atoms with Crippen molar-refractivity contribution in [3.63, 3.8) is 0 Å². The topological polar surface area (TPSA) is 57.6 Å². The van der Waals surface area contributed by atoms with E-state index in [0.717, 1.165) is 25.7 Å². The molecule has 4 heteroatoms. The quantitative estimate of drug-likeness (QED) is 0.927. The summed E-state index contributed by atoms with van der Waals surface area (Å²) in [5.41, 5.74) is 2.74. The molecule has 112 valence electrons. The van der Waals surface area contributed by atoms with Gasteiger partial charge in [-0.25, -0.2) is 4.79 Å². The maximum atomic E-state index is 12.4. The van der Waals surface area contributed by atoms with Crippen LogP contribution in [0.15, 0.2) is 24.3 Å². The van der Waals surface area contributed by atoms with E-state index in [4.69, 9.17) is 0 Å². The Hall–Kier alpha value is -1.84. The first-order valence-corrected chi connectivity index (χ1v) is 7.74. The monoisotopic (exact) mass is 287 g/mol. The Balaban J connectivity index is 1.62. The normalized spacial score (nSPS) is 24.7. The molecule has 1 heterocycles. The van der Waals surface area contributed by atoms with Gasteiger partial charge in [-0.05, 0) is 49.1 Å². The van der Waals surface area contributed by atoms with Crippen molar-refractivity contribution in [2.24, 2.45) is 5.92 Å². The second kappa shape index (κ2) is 5.88. The van der Waals surface area contributed by atoms with Gasteiger partial charge in [0, 0.05) is 13.0 Å². The van der Waals surface area contributed by atoms with Crippen LogP contribution < -0.4 is 0 Å². The van der Waals surface area contributed by atoms with E-state index >= 15 is 0 Å². The van der Waals surface area contributed by atoms with E-state index in [2.05, 4.69) is 18.2 Å². The van der Waals surface area contributed by atoms with Crippen LogP contribution in [0.1, 0.15) is 36.8 Å². The van der Waals surface area contributed by atoms with Crippen LogP contribution in [-0.2, 0) is 22.4 Å². The zero-order valence-corrected chi connectivity index (χ0v) is 12.1. The predicted molar refractivity (Wildman–Crippen MR) is 78.9 cm³/mol. The first kappa shape index (κ1) is 14.1. The van der Waals surface area contributed by atoms with E-state index in [0.29, 0.717) is 25.3 Å². The fraction of sp³-hybridized carbons (Fsp3) is 0.529. The summed E-state index contributed by atoms with van der Waals surface area (Å²) in [6, 6.07) is 7.81. The fourth-order valence-electron chi connectivity index (χ4n) is 3.63. The molecule has 1 aromatic rings. The number of hydrogen-bond donors (Lipinski definition) is 1. The molecule has 0 radical (unpaired) electrons. The van der Waals surface area contributed by atoms with Crippen molar-refractivity contribution in [3.05, 3.63) is 35.4 Å². The lowest BCUT2D eigenvalue weighted by molar-refractivity contribution is -0.148. The molecule has 0 aromatic heterocycles. The highest BCUT2D eigenvalue weighted by Gasteiger charge is 2.34. The Morgan fingerprint density at radius 2 is 1.95 bits per heavy atom. The molecule has 1 aliphatic carbocycles. The zero-order chi connectivity index (χ0) is 14.8. The molecule has 1 fully saturated rings. The number of hydrogen-bond acceptors (Lipinski definition) is 2. The summed E-state index contributed by atoms with van der Waals surface area (Å²) in [7, 11) is 0. The molecule has 0 saturated carbocycles. The first-order valence-electron chi connectivity index (χ1n) is 7.74. The number of carbonyl (C=O) groups excluding carboxylic acids is 1. The summed E-state index contributed by atoms with van der Waals surface area (Å²) < 4.78 is 0. The molecule has 0 spiro atoms. The highest BCUT2D eigenvalue weighted by Crippen LogP contribution is 2.29. The van der Waals surface area contributed by atoms with Gasteiger partial charge in [-0.15, -0.1) is 0 Å². The molecule has 1 aliphatic heterocycles. The highest BCUT2D eigenvalue weighted by molar-refractivity contribution is 5.84. The summed E-state index contributed by atoms with van der Waals surface area (Å²) in [6.07, 6.45) is 4.86. The molecule has 21 heavy (non-hydrogen) atoms. The van der Waals surface area contributed by atoms with Gasteiger partial charge in [-0.3, -0.25) is 4.79 Å². The largest absolute Gasteiger partial charge is 0.480 e. The average molecular weight is 287 g/mol. The molecular formula is C17H21NO3. The molecule has 4 nitrogen and oxygen atoms in total. The van der Waals surface area contributed by atoms with Gasteiger partial charge in [-0.2, -0.15) is 0 Å². The lowest BCUT2D eigenvalue weighted by Gasteiger charge is -2.27. The number of carboxylic acid groups (broad SMARTS) is 1. The molecular weight excluding hydrogens is 266 g/mol. The van der Waals surface area contributed by atoms with Gasteiger partial charge < -0.3 is 10.0 Å². The molecule has 1 aromatic carbocycles. The molecule has 1 N–H and O–H groups in total. The van der Waals surface area contributed by atoms with Gasteiger partial charge in [0.05, 0.1) is 0 Å². The Kier molecular flexibility index (Phi) is 3.95. The van der Waals surface area contributed by atoms with Crippen LogP contribution in [-0.4, -0.2) is 34.5 Å². The lowest BCUT2D eigenvalue weighted by atomic mass is 9.82. The zero-order valence-electron chi connectivity index (χ0n) is 12.1. The lowest BCUT2D eigenvalue weighted by Crippen LogP contribution is -2.41. The Labute approximate surface area is 124 Å². The van der Waals surface area contributed by atoms with E-state index in [1.807, 2.05) is 6.07 Å². The van der Waals surface area contributed by atoms with Crippen molar-refractivity contribution in [2.75, 3.05) is 6.54 Å². The van der Waals surface area contributed by atoms with Crippen LogP contribution in [0.3, 0.4) is 0 Å². The molecule has 2 atom stereocenters. The number of carbonyl (C=O) groups is 2. The third-order valence-electron chi connectivity index (χ3n) is 4.77. The van der Waals surface area contributed by atoms with Gasteiger partial charge >= 0.3 is 5.97 Å². The van der Waals surface area contributed by atoms with Crippen molar-refractivity contribution in [3.8, 4) is 0 Å². The van der Waals surface area contributed by atoms with Crippen molar-refractivity contribution >= 4 is 11.9 Å². The van der Waals surface area contributed by atoms with E-state index in [9.17, 15) is 14.7 Å². The van der Waals surface area contributed by atoms with Crippen molar-refractivity contribution in [1.29, 1.82) is 0 Å². The maximum Gasteiger partial charge on any atom is 0.326 e. The molecule has 1 saturated heterocycles. The van der Waals surface area contributed by atoms with E-state index in [-0.39, 0.29) is 5.91 Å². The number of aliphatic carboxylic acids is 1. The number of rotatable bonds is 3. The summed E-state index contributed by atoms with van der Waals surface area (Å²) >= 11 is 0. The fourth-order valence-corrected chi connectivity index (χ4v) is 3.63. The van der Waals surface area contributed by atoms with Crippen LogP contribution in [0, 0.1) is 5.92 Å². The number of amides is 1.